The Labute approximate surface area is 100 Å². The van der Waals surface area contributed by atoms with E-state index < -0.39 is 0 Å². The molecule has 1 aromatic carbocycles. The van der Waals surface area contributed by atoms with Gasteiger partial charge in [0.15, 0.2) is 0 Å². The molecule has 2 rings (SSSR count). The fourth-order valence-corrected chi connectivity index (χ4v) is 1.57. The highest BCUT2D eigenvalue weighted by Gasteiger charge is 1.94. The Balaban J connectivity index is 2.25. The van der Waals surface area contributed by atoms with Gasteiger partial charge in [-0.25, -0.2) is 4.79 Å². The minimum atomic E-state index is -0.312. The van der Waals surface area contributed by atoms with Crippen LogP contribution in [-0.2, 0) is 0 Å². The lowest BCUT2D eigenvalue weighted by molar-refractivity contribution is 0.500. The first-order chi connectivity index (χ1) is 8.13. The van der Waals surface area contributed by atoms with Crippen LogP contribution in [0.25, 0.3) is 12.2 Å². The summed E-state index contributed by atoms with van der Waals surface area (Å²) in [5.74, 6) is 0.579. The predicted octanol–water partition coefficient (Wildman–Crippen LogP) is 3.43. The SMILES string of the molecule is Cc1ccc(C=Cc2cc(C)cc(=O)o2)cc1. The third-order valence-electron chi connectivity index (χ3n) is 2.45. The number of benzene rings is 1. The van der Waals surface area contributed by atoms with Gasteiger partial charge in [0.05, 0.1) is 0 Å². The van der Waals surface area contributed by atoms with Crippen LogP contribution in [0.1, 0.15) is 22.5 Å². The summed E-state index contributed by atoms with van der Waals surface area (Å²) in [6, 6.07) is 11.5. The van der Waals surface area contributed by atoms with E-state index in [0.29, 0.717) is 5.76 Å². The normalized spacial score (nSPS) is 10.9. The third kappa shape index (κ3) is 3.18. The summed E-state index contributed by atoms with van der Waals surface area (Å²) < 4.78 is 5.06. The van der Waals surface area contributed by atoms with Crippen LogP contribution in [0.3, 0.4) is 0 Å². The summed E-state index contributed by atoms with van der Waals surface area (Å²) in [7, 11) is 0. The fourth-order valence-electron chi connectivity index (χ4n) is 1.57. The highest BCUT2D eigenvalue weighted by molar-refractivity contribution is 5.67. The minimum Gasteiger partial charge on any atom is -0.423 e. The molecule has 2 heteroatoms. The van der Waals surface area contributed by atoms with E-state index in [2.05, 4.69) is 0 Å². The maximum absolute atomic E-state index is 11.2. The van der Waals surface area contributed by atoms with Crippen molar-refractivity contribution in [2.24, 2.45) is 0 Å². The molecule has 1 aromatic heterocycles. The van der Waals surface area contributed by atoms with E-state index in [4.69, 9.17) is 4.42 Å². The minimum absolute atomic E-state index is 0.312. The van der Waals surface area contributed by atoms with E-state index in [1.807, 2.05) is 50.3 Å². The molecular weight excluding hydrogens is 212 g/mol. The molecule has 0 aliphatic carbocycles. The Morgan fingerprint density at radius 1 is 0.941 bits per heavy atom. The van der Waals surface area contributed by atoms with Gasteiger partial charge in [0.2, 0.25) is 0 Å². The van der Waals surface area contributed by atoms with Gasteiger partial charge in [0.1, 0.15) is 5.76 Å². The van der Waals surface area contributed by atoms with Crippen LogP contribution in [0.2, 0.25) is 0 Å². The van der Waals surface area contributed by atoms with Crippen LogP contribution in [0.15, 0.2) is 45.6 Å². The first kappa shape index (κ1) is 11.4. The van der Waals surface area contributed by atoms with Gasteiger partial charge >= 0.3 is 5.63 Å². The molecule has 0 radical (unpaired) electrons. The van der Waals surface area contributed by atoms with Crippen molar-refractivity contribution in [2.75, 3.05) is 0 Å². The summed E-state index contributed by atoms with van der Waals surface area (Å²) in [5.41, 5.74) is 2.90. The van der Waals surface area contributed by atoms with Gasteiger partial charge in [-0.15, -0.1) is 0 Å². The van der Waals surface area contributed by atoms with Crippen molar-refractivity contribution < 1.29 is 4.42 Å². The summed E-state index contributed by atoms with van der Waals surface area (Å²) >= 11 is 0. The summed E-state index contributed by atoms with van der Waals surface area (Å²) in [6.07, 6.45) is 3.73. The Kier molecular flexibility index (Phi) is 3.24. The summed E-state index contributed by atoms with van der Waals surface area (Å²) in [4.78, 5) is 11.2. The predicted molar refractivity (Wildman–Crippen MR) is 69.8 cm³/mol. The largest absolute Gasteiger partial charge is 0.423 e. The zero-order valence-electron chi connectivity index (χ0n) is 9.94. The number of aryl methyl sites for hydroxylation is 2. The molecular formula is C15H14O2. The summed E-state index contributed by atoms with van der Waals surface area (Å²) in [6.45, 7) is 3.92. The van der Waals surface area contributed by atoms with E-state index in [1.54, 1.807) is 6.08 Å². The van der Waals surface area contributed by atoms with Gasteiger partial charge in [-0.2, -0.15) is 0 Å². The molecule has 0 aliphatic heterocycles. The molecule has 0 spiro atoms. The van der Waals surface area contributed by atoms with Gasteiger partial charge in [-0.05, 0) is 37.1 Å². The fraction of sp³-hybridized carbons (Fsp3) is 0.133. The first-order valence-corrected chi connectivity index (χ1v) is 5.50. The standard InChI is InChI=1S/C15H14O2/c1-11-3-5-13(6-4-11)7-8-14-9-12(2)10-15(16)17-14/h3-10H,1-2H3. The van der Waals surface area contributed by atoms with Crippen LogP contribution >= 0.6 is 0 Å². The van der Waals surface area contributed by atoms with Gasteiger partial charge < -0.3 is 4.42 Å². The smallest absolute Gasteiger partial charge is 0.336 e. The number of rotatable bonds is 2. The third-order valence-corrected chi connectivity index (χ3v) is 2.45. The van der Waals surface area contributed by atoms with Crippen molar-refractivity contribution in [1.82, 2.24) is 0 Å². The molecule has 0 bridgehead atoms. The summed E-state index contributed by atoms with van der Waals surface area (Å²) in [5, 5.41) is 0. The van der Waals surface area contributed by atoms with Crippen LogP contribution in [-0.4, -0.2) is 0 Å². The Bertz CT molecular complexity index is 589. The van der Waals surface area contributed by atoms with E-state index in [9.17, 15) is 4.79 Å². The van der Waals surface area contributed by atoms with Crippen molar-refractivity contribution in [3.05, 3.63) is 69.3 Å². The van der Waals surface area contributed by atoms with E-state index in [0.717, 1.165) is 11.1 Å². The maximum Gasteiger partial charge on any atom is 0.336 e. The van der Waals surface area contributed by atoms with Crippen LogP contribution in [0.5, 0.6) is 0 Å². The second-order valence-electron chi connectivity index (χ2n) is 4.10. The Hall–Kier alpha value is -2.09. The topological polar surface area (TPSA) is 30.2 Å². The molecule has 0 atom stereocenters. The molecule has 2 nitrogen and oxygen atoms in total. The second kappa shape index (κ2) is 4.83. The monoisotopic (exact) mass is 226 g/mol. The molecule has 1 heterocycles. The molecule has 0 saturated carbocycles. The molecule has 0 N–H and O–H groups in total. The van der Waals surface area contributed by atoms with E-state index in [1.165, 1.54) is 11.6 Å². The average Bonchev–Trinajstić information content (AvgIpc) is 2.27. The molecule has 17 heavy (non-hydrogen) atoms. The highest BCUT2D eigenvalue weighted by atomic mass is 16.4. The average molecular weight is 226 g/mol. The lowest BCUT2D eigenvalue weighted by atomic mass is 10.1. The Morgan fingerprint density at radius 2 is 1.65 bits per heavy atom. The molecule has 0 aliphatic rings. The van der Waals surface area contributed by atoms with Gasteiger partial charge in [0.25, 0.3) is 0 Å². The molecule has 0 amide bonds. The quantitative estimate of drug-likeness (QED) is 0.785. The van der Waals surface area contributed by atoms with Crippen LogP contribution in [0, 0.1) is 13.8 Å². The molecule has 0 fully saturated rings. The molecule has 2 aromatic rings. The van der Waals surface area contributed by atoms with Gasteiger partial charge in [-0.1, -0.05) is 35.9 Å². The van der Waals surface area contributed by atoms with Crippen molar-refractivity contribution in [3.63, 3.8) is 0 Å². The van der Waals surface area contributed by atoms with Gasteiger partial charge in [-0.3, -0.25) is 0 Å². The van der Waals surface area contributed by atoms with Crippen molar-refractivity contribution >= 4 is 12.2 Å². The molecule has 0 unspecified atom stereocenters. The van der Waals surface area contributed by atoms with Crippen LogP contribution < -0.4 is 5.63 Å². The lowest BCUT2D eigenvalue weighted by Crippen LogP contribution is -1.97. The first-order valence-electron chi connectivity index (χ1n) is 5.50. The van der Waals surface area contributed by atoms with E-state index >= 15 is 0 Å². The van der Waals surface area contributed by atoms with E-state index in [-0.39, 0.29) is 5.63 Å². The zero-order valence-corrected chi connectivity index (χ0v) is 9.94. The molecule has 0 saturated heterocycles. The zero-order chi connectivity index (χ0) is 12.3. The second-order valence-corrected chi connectivity index (χ2v) is 4.10. The Morgan fingerprint density at radius 3 is 2.29 bits per heavy atom. The maximum atomic E-state index is 11.2. The highest BCUT2D eigenvalue weighted by Crippen LogP contribution is 2.09. The van der Waals surface area contributed by atoms with Crippen molar-refractivity contribution in [1.29, 1.82) is 0 Å². The van der Waals surface area contributed by atoms with Gasteiger partial charge in [0, 0.05) is 6.07 Å². The number of hydrogen-bond donors (Lipinski definition) is 0. The lowest BCUT2D eigenvalue weighted by Gasteiger charge is -1.96. The van der Waals surface area contributed by atoms with Crippen molar-refractivity contribution in [2.45, 2.75) is 13.8 Å². The van der Waals surface area contributed by atoms with Crippen LogP contribution in [0.4, 0.5) is 0 Å². The number of hydrogen-bond acceptors (Lipinski definition) is 2. The van der Waals surface area contributed by atoms with Crippen molar-refractivity contribution in [3.8, 4) is 0 Å². The molecule has 86 valence electrons.